The molecule has 0 spiro atoms. The van der Waals surface area contributed by atoms with Gasteiger partial charge in [0.25, 0.3) is 0 Å². The Labute approximate surface area is 143 Å². The van der Waals surface area contributed by atoms with Gasteiger partial charge in [-0.15, -0.1) is 0 Å². The summed E-state index contributed by atoms with van der Waals surface area (Å²) in [6, 6.07) is 3.28. The zero-order valence-electron chi connectivity index (χ0n) is 14.8. The average molecular weight is 338 g/mol. The fourth-order valence-corrected chi connectivity index (χ4v) is 2.35. The largest absolute Gasteiger partial charge is 0.496 e. The van der Waals surface area contributed by atoms with Crippen LogP contribution < -0.4 is 14.2 Å². The first-order valence-corrected chi connectivity index (χ1v) is 8.06. The number of unbranched alkanes of at least 4 members (excludes halogenated alkanes) is 2. The third-order valence-corrected chi connectivity index (χ3v) is 3.60. The Balaban J connectivity index is 2.59. The van der Waals surface area contributed by atoms with E-state index in [1.165, 1.54) is 21.3 Å². The highest BCUT2D eigenvalue weighted by atomic mass is 16.5. The summed E-state index contributed by atoms with van der Waals surface area (Å²) in [5, 5.41) is 0. The summed E-state index contributed by atoms with van der Waals surface area (Å²) < 4.78 is 20.6. The molecule has 0 heterocycles. The number of carbonyl (C=O) groups excluding carboxylic acids is 2. The second-order valence-electron chi connectivity index (χ2n) is 5.20. The maximum atomic E-state index is 12.4. The van der Waals surface area contributed by atoms with Crippen LogP contribution >= 0.6 is 0 Å². The van der Waals surface area contributed by atoms with Gasteiger partial charge < -0.3 is 18.9 Å². The number of hydrogen-bond acceptors (Lipinski definition) is 6. The Kier molecular flexibility index (Phi) is 8.68. The van der Waals surface area contributed by atoms with Crippen molar-refractivity contribution in [2.45, 2.75) is 39.0 Å². The molecule has 1 rings (SSSR count). The molecule has 0 atom stereocenters. The second kappa shape index (κ2) is 10.5. The van der Waals surface area contributed by atoms with Gasteiger partial charge in [0, 0.05) is 18.9 Å². The van der Waals surface area contributed by atoms with E-state index < -0.39 is 0 Å². The van der Waals surface area contributed by atoms with Crippen LogP contribution in [0.25, 0.3) is 0 Å². The Morgan fingerprint density at radius 1 is 0.833 bits per heavy atom. The van der Waals surface area contributed by atoms with Crippen molar-refractivity contribution in [3.8, 4) is 17.2 Å². The van der Waals surface area contributed by atoms with Crippen LogP contribution in [-0.2, 0) is 9.53 Å². The molecule has 0 aromatic heterocycles. The predicted molar refractivity (Wildman–Crippen MR) is 90.1 cm³/mol. The van der Waals surface area contributed by atoms with Crippen LogP contribution in [-0.4, -0.2) is 39.7 Å². The van der Waals surface area contributed by atoms with E-state index in [1.807, 2.05) is 0 Å². The third-order valence-electron chi connectivity index (χ3n) is 3.60. The molecular formula is C18H26O6. The van der Waals surface area contributed by atoms with E-state index in [-0.39, 0.29) is 11.8 Å². The van der Waals surface area contributed by atoms with E-state index in [4.69, 9.17) is 18.9 Å². The van der Waals surface area contributed by atoms with Gasteiger partial charge in [0.05, 0.1) is 33.5 Å². The summed E-state index contributed by atoms with van der Waals surface area (Å²) in [5.41, 5.74) is 0.473. The van der Waals surface area contributed by atoms with Crippen LogP contribution in [0.15, 0.2) is 12.1 Å². The van der Waals surface area contributed by atoms with Crippen molar-refractivity contribution < 1.29 is 28.5 Å². The predicted octanol–water partition coefficient (Wildman–Crippen LogP) is 3.41. The molecule has 0 saturated heterocycles. The third kappa shape index (κ3) is 5.76. The molecule has 0 radical (unpaired) electrons. The van der Waals surface area contributed by atoms with Gasteiger partial charge in [-0.2, -0.15) is 0 Å². The van der Waals surface area contributed by atoms with Crippen molar-refractivity contribution in [2.24, 2.45) is 0 Å². The maximum absolute atomic E-state index is 12.4. The number of carbonyl (C=O) groups is 2. The molecule has 6 nitrogen and oxygen atoms in total. The minimum absolute atomic E-state index is 0.0241. The van der Waals surface area contributed by atoms with Crippen LogP contribution in [0.2, 0.25) is 0 Å². The lowest BCUT2D eigenvalue weighted by Crippen LogP contribution is -2.05. The SMILES string of the molecule is CCOC(=O)CCCCCC(=O)c1cc(OC)c(OC)cc1OC. The standard InChI is InChI=1S/C18H26O6/c1-5-24-18(20)10-8-6-7-9-14(19)13-11-16(22-3)17(23-4)12-15(13)21-2/h11-12H,5-10H2,1-4H3. The molecule has 0 fully saturated rings. The Hall–Kier alpha value is -2.24. The second-order valence-corrected chi connectivity index (χ2v) is 5.20. The molecule has 0 saturated carbocycles. The zero-order valence-corrected chi connectivity index (χ0v) is 14.8. The summed E-state index contributed by atoms with van der Waals surface area (Å²) >= 11 is 0. The number of Topliss-reactive ketones (excluding diaryl/α,β-unsaturated/α-hetero) is 1. The highest BCUT2D eigenvalue weighted by Gasteiger charge is 2.17. The molecule has 6 heteroatoms. The van der Waals surface area contributed by atoms with Crippen molar-refractivity contribution in [3.63, 3.8) is 0 Å². The molecule has 0 aliphatic heterocycles. The Morgan fingerprint density at radius 3 is 2.00 bits per heavy atom. The lowest BCUT2D eigenvalue weighted by atomic mass is 10.0. The number of methoxy groups -OCH3 is 3. The summed E-state index contributed by atoms with van der Waals surface area (Å²) in [7, 11) is 4.56. The molecular weight excluding hydrogens is 312 g/mol. The minimum Gasteiger partial charge on any atom is -0.496 e. The normalized spacial score (nSPS) is 10.2. The van der Waals surface area contributed by atoms with Crippen molar-refractivity contribution in [1.29, 1.82) is 0 Å². The number of rotatable bonds is 11. The van der Waals surface area contributed by atoms with Crippen molar-refractivity contribution in [2.75, 3.05) is 27.9 Å². The first kappa shape index (κ1) is 19.8. The molecule has 1 aromatic rings. The van der Waals surface area contributed by atoms with Gasteiger partial charge in [-0.1, -0.05) is 6.42 Å². The summed E-state index contributed by atoms with van der Waals surface area (Å²) in [5.74, 6) is 1.25. The fraction of sp³-hybridized carbons (Fsp3) is 0.556. The van der Waals surface area contributed by atoms with Gasteiger partial charge >= 0.3 is 5.97 Å². The monoisotopic (exact) mass is 338 g/mol. The van der Waals surface area contributed by atoms with Crippen molar-refractivity contribution in [1.82, 2.24) is 0 Å². The molecule has 24 heavy (non-hydrogen) atoms. The molecule has 0 unspecified atom stereocenters. The highest BCUT2D eigenvalue weighted by molar-refractivity contribution is 5.99. The molecule has 134 valence electrons. The first-order valence-electron chi connectivity index (χ1n) is 8.06. The molecule has 0 aliphatic carbocycles. The van der Waals surface area contributed by atoms with Crippen LogP contribution in [0.3, 0.4) is 0 Å². The zero-order chi connectivity index (χ0) is 17.9. The van der Waals surface area contributed by atoms with Crippen molar-refractivity contribution in [3.05, 3.63) is 17.7 Å². The topological polar surface area (TPSA) is 71.1 Å². The number of benzene rings is 1. The average Bonchev–Trinajstić information content (AvgIpc) is 2.60. The number of ketones is 1. The molecule has 1 aromatic carbocycles. The lowest BCUT2D eigenvalue weighted by molar-refractivity contribution is -0.143. The molecule has 0 amide bonds. The van der Waals surface area contributed by atoms with E-state index >= 15 is 0 Å². The van der Waals surface area contributed by atoms with Crippen LogP contribution in [0.5, 0.6) is 17.2 Å². The number of hydrogen-bond donors (Lipinski definition) is 0. The van der Waals surface area contributed by atoms with Crippen LogP contribution in [0.4, 0.5) is 0 Å². The highest BCUT2D eigenvalue weighted by Crippen LogP contribution is 2.35. The van der Waals surface area contributed by atoms with Crippen LogP contribution in [0, 0.1) is 0 Å². The summed E-state index contributed by atoms with van der Waals surface area (Å²) in [6.45, 7) is 2.18. The van der Waals surface area contributed by atoms with Gasteiger partial charge in [0.2, 0.25) is 0 Å². The fourth-order valence-electron chi connectivity index (χ4n) is 2.35. The van der Waals surface area contributed by atoms with Crippen LogP contribution in [0.1, 0.15) is 49.4 Å². The van der Waals surface area contributed by atoms with Gasteiger partial charge in [0.15, 0.2) is 17.3 Å². The smallest absolute Gasteiger partial charge is 0.305 e. The van der Waals surface area contributed by atoms with Gasteiger partial charge in [0.1, 0.15) is 5.75 Å². The van der Waals surface area contributed by atoms with Gasteiger partial charge in [-0.25, -0.2) is 0 Å². The number of ether oxygens (including phenoxy) is 4. The molecule has 0 N–H and O–H groups in total. The maximum Gasteiger partial charge on any atom is 0.305 e. The summed E-state index contributed by atoms with van der Waals surface area (Å²) in [6.07, 6.45) is 2.99. The van der Waals surface area contributed by atoms with E-state index in [0.717, 1.165) is 12.8 Å². The summed E-state index contributed by atoms with van der Waals surface area (Å²) in [4.78, 5) is 23.7. The first-order chi connectivity index (χ1) is 11.6. The van der Waals surface area contributed by atoms with Gasteiger partial charge in [-0.3, -0.25) is 9.59 Å². The number of esters is 1. The van der Waals surface area contributed by atoms with Gasteiger partial charge in [-0.05, 0) is 25.8 Å². The van der Waals surface area contributed by atoms with E-state index in [0.29, 0.717) is 48.7 Å². The quantitative estimate of drug-likeness (QED) is 0.350. The van der Waals surface area contributed by atoms with Crippen molar-refractivity contribution >= 4 is 11.8 Å². The molecule has 0 bridgehead atoms. The lowest BCUT2D eigenvalue weighted by Gasteiger charge is -2.13. The molecule has 0 aliphatic rings. The Bertz CT molecular complexity index is 553. The van der Waals surface area contributed by atoms with E-state index in [9.17, 15) is 9.59 Å². The minimum atomic E-state index is -0.189. The van der Waals surface area contributed by atoms with E-state index in [2.05, 4.69) is 0 Å². The Morgan fingerprint density at radius 2 is 1.42 bits per heavy atom. The van der Waals surface area contributed by atoms with E-state index in [1.54, 1.807) is 19.1 Å².